The van der Waals surface area contributed by atoms with Gasteiger partial charge in [-0.1, -0.05) is 50.1 Å². The number of nitrogens with zero attached hydrogens (tertiary/aromatic N) is 3. The summed E-state index contributed by atoms with van der Waals surface area (Å²) in [4.78, 5) is 46.4. The quantitative estimate of drug-likeness (QED) is 0.244. The van der Waals surface area contributed by atoms with Crippen LogP contribution in [0.4, 0.5) is 5.69 Å². The molecule has 0 aromatic heterocycles. The molecule has 1 saturated carbocycles. The van der Waals surface area contributed by atoms with Crippen molar-refractivity contribution in [2.45, 2.75) is 44.6 Å². The maximum atomic E-state index is 13.4. The van der Waals surface area contributed by atoms with Crippen molar-refractivity contribution in [2.75, 3.05) is 26.0 Å². The third kappa shape index (κ3) is 5.32. The smallest absolute Gasteiger partial charge is 0.299 e. The van der Waals surface area contributed by atoms with Gasteiger partial charge in [0.2, 0.25) is 0 Å². The van der Waals surface area contributed by atoms with Gasteiger partial charge in [-0.3, -0.25) is 24.3 Å². The Morgan fingerprint density at radius 3 is 2.18 bits per heavy atom. The predicted octanol–water partition coefficient (Wildman–Crippen LogP) is 5.02. The molecule has 2 aromatic rings. The zero-order valence-corrected chi connectivity index (χ0v) is 22.3. The van der Waals surface area contributed by atoms with Crippen LogP contribution in [0.5, 0.6) is 0 Å². The van der Waals surface area contributed by atoms with E-state index in [-0.39, 0.29) is 23.2 Å². The van der Waals surface area contributed by atoms with Crippen molar-refractivity contribution in [2.24, 2.45) is 10.9 Å². The molecule has 1 aliphatic carbocycles. The summed E-state index contributed by atoms with van der Waals surface area (Å²) < 4.78 is 0. The second-order valence-corrected chi connectivity index (χ2v) is 10.1. The third-order valence-electron chi connectivity index (χ3n) is 7.52. The number of amides is 2. The Hall–Kier alpha value is -4.00. The monoisotopic (exact) mass is 513 g/mol. The van der Waals surface area contributed by atoms with E-state index in [9.17, 15) is 19.5 Å². The number of hydrogen-bond acceptors (Lipinski definition) is 5. The second kappa shape index (κ2) is 11.6. The van der Waals surface area contributed by atoms with Crippen LogP contribution < -0.4 is 4.90 Å². The van der Waals surface area contributed by atoms with Gasteiger partial charge in [0.25, 0.3) is 17.6 Å². The van der Waals surface area contributed by atoms with Crippen molar-refractivity contribution in [3.05, 3.63) is 83.4 Å². The number of aliphatic hydroxyl groups is 1. The summed E-state index contributed by atoms with van der Waals surface area (Å²) in [6, 6.07) is 13.5. The van der Waals surface area contributed by atoms with Crippen LogP contribution >= 0.6 is 0 Å². The number of aliphatic imine (C=N–C) groups is 1. The summed E-state index contributed by atoms with van der Waals surface area (Å²) in [7, 11) is 5.07. The summed E-state index contributed by atoms with van der Waals surface area (Å²) >= 11 is 0. The fourth-order valence-electron chi connectivity index (χ4n) is 5.45. The van der Waals surface area contributed by atoms with E-state index in [1.807, 2.05) is 24.3 Å². The fourth-order valence-corrected chi connectivity index (χ4v) is 5.45. The number of allylic oxidation sites excluding steroid dienone is 1. The topological polar surface area (TPSA) is 90.3 Å². The van der Waals surface area contributed by atoms with Gasteiger partial charge in [-0.2, -0.15) is 0 Å². The molecular weight excluding hydrogens is 478 g/mol. The number of Topliss-reactive ketones (excluding diaryl/α,β-unsaturated/α-hetero) is 1. The molecule has 1 saturated heterocycles. The summed E-state index contributed by atoms with van der Waals surface area (Å²) in [6.45, 7) is 3.79. The zero-order valence-electron chi connectivity index (χ0n) is 22.3. The molecule has 7 heteroatoms. The van der Waals surface area contributed by atoms with E-state index in [1.165, 1.54) is 4.90 Å². The number of carbonyl (C=O) groups excluding carboxylic acids is 3. The molecule has 4 rings (SSSR count). The van der Waals surface area contributed by atoms with Gasteiger partial charge in [-0.05, 0) is 54.7 Å². The number of aliphatic hydroxyl groups excluding tert-OH is 1. The van der Waals surface area contributed by atoms with Gasteiger partial charge in [0.1, 0.15) is 5.76 Å². The summed E-state index contributed by atoms with van der Waals surface area (Å²) in [5.74, 6) is -1.60. The molecule has 2 aliphatic rings. The number of rotatable bonds is 7. The van der Waals surface area contributed by atoms with Crippen LogP contribution in [-0.4, -0.2) is 60.5 Å². The molecule has 1 unspecified atom stereocenters. The van der Waals surface area contributed by atoms with Gasteiger partial charge >= 0.3 is 0 Å². The van der Waals surface area contributed by atoms with Crippen LogP contribution in [0.1, 0.15) is 53.6 Å². The van der Waals surface area contributed by atoms with Crippen molar-refractivity contribution in [3.63, 3.8) is 0 Å². The summed E-state index contributed by atoms with van der Waals surface area (Å²) in [6.07, 6.45) is 7.26. The largest absolute Gasteiger partial charge is 0.507 e. The van der Waals surface area contributed by atoms with Crippen LogP contribution in [0.2, 0.25) is 0 Å². The van der Waals surface area contributed by atoms with Crippen LogP contribution in [0, 0.1) is 5.92 Å². The van der Waals surface area contributed by atoms with Crippen LogP contribution in [0.25, 0.3) is 5.76 Å². The Labute approximate surface area is 224 Å². The molecule has 198 valence electrons. The minimum atomic E-state index is -0.678. The Morgan fingerprint density at radius 1 is 1.03 bits per heavy atom. The third-order valence-corrected chi connectivity index (χ3v) is 7.52. The SMILES string of the molecule is C=CC(Cc1ccc(N2C(=O)C(=O)/C(=C(\O)c3ccc(C(=O)N(C)C)cc3)C2C2CCCCC2)cc1)=NC. The number of hydrogen-bond donors (Lipinski definition) is 1. The Bertz CT molecular complexity index is 1280. The van der Waals surface area contributed by atoms with E-state index in [4.69, 9.17) is 0 Å². The lowest BCUT2D eigenvalue weighted by molar-refractivity contribution is -0.132. The molecular formula is C31H35N3O4. The minimum absolute atomic E-state index is 0.0603. The summed E-state index contributed by atoms with van der Waals surface area (Å²) in [5, 5.41) is 11.4. The van der Waals surface area contributed by atoms with E-state index < -0.39 is 17.7 Å². The molecule has 7 nitrogen and oxygen atoms in total. The molecule has 2 fully saturated rings. The molecule has 0 spiro atoms. The van der Waals surface area contributed by atoms with E-state index in [0.717, 1.165) is 43.4 Å². The normalized spacial score (nSPS) is 20.0. The average molecular weight is 514 g/mol. The van der Waals surface area contributed by atoms with E-state index in [2.05, 4.69) is 11.6 Å². The first kappa shape index (κ1) is 27.0. The first-order valence-corrected chi connectivity index (χ1v) is 13.1. The maximum absolute atomic E-state index is 13.4. The van der Waals surface area contributed by atoms with Gasteiger partial charge in [-0.25, -0.2) is 0 Å². The van der Waals surface area contributed by atoms with Crippen LogP contribution in [0.15, 0.2) is 71.8 Å². The van der Waals surface area contributed by atoms with Gasteiger partial charge in [0.05, 0.1) is 11.6 Å². The summed E-state index contributed by atoms with van der Waals surface area (Å²) in [5.41, 5.74) is 3.54. The maximum Gasteiger partial charge on any atom is 0.299 e. The van der Waals surface area contributed by atoms with Crippen molar-refractivity contribution < 1.29 is 19.5 Å². The lowest BCUT2D eigenvalue weighted by Gasteiger charge is -2.34. The van der Waals surface area contributed by atoms with Gasteiger partial charge < -0.3 is 10.0 Å². The molecule has 1 N–H and O–H groups in total. The van der Waals surface area contributed by atoms with Crippen molar-refractivity contribution in [3.8, 4) is 0 Å². The molecule has 2 amide bonds. The molecule has 2 aromatic carbocycles. The zero-order chi connectivity index (χ0) is 27.4. The van der Waals surface area contributed by atoms with Crippen molar-refractivity contribution in [1.82, 2.24) is 4.90 Å². The van der Waals surface area contributed by atoms with Crippen molar-refractivity contribution >= 4 is 34.8 Å². The standard InChI is InChI=1S/C31H35N3O4/c1-5-24(32-2)19-20-11-17-25(18-12-20)34-27(21-9-7-6-8-10-21)26(29(36)31(34)38)28(35)22-13-15-23(16-14-22)30(37)33(3)4/h5,11-18,21,27,35H,1,6-10,19H2,2-4H3/b28-26-,32-24?. The average Bonchev–Trinajstić information content (AvgIpc) is 3.21. The first-order chi connectivity index (χ1) is 18.3. The fraction of sp³-hybridized carbons (Fsp3) is 0.355. The highest BCUT2D eigenvalue weighted by Gasteiger charge is 2.49. The number of ketones is 1. The highest BCUT2D eigenvalue weighted by molar-refractivity contribution is 6.51. The predicted molar refractivity (Wildman–Crippen MR) is 151 cm³/mol. The Balaban J connectivity index is 1.74. The molecule has 0 bridgehead atoms. The van der Waals surface area contributed by atoms with Gasteiger partial charge in [0.15, 0.2) is 0 Å². The van der Waals surface area contributed by atoms with E-state index in [1.54, 1.807) is 56.4 Å². The molecule has 1 heterocycles. The Kier molecular flexibility index (Phi) is 8.25. The van der Waals surface area contributed by atoms with E-state index in [0.29, 0.717) is 23.2 Å². The molecule has 38 heavy (non-hydrogen) atoms. The van der Waals surface area contributed by atoms with Gasteiger partial charge in [-0.15, -0.1) is 0 Å². The van der Waals surface area contributed by atoms with E-state index >= 15 is 0 Å². The molecule has 0 radical (unpaired) electrons. The number of anilines is 1. The highest BCUT2D eigenvalue weighted by atomic mass is 16.3. The highest BCUT2D eigenvalue weighted by Crippen LogP contribution is 2.41. The molecule has 1 atom stereocenters. The number of benzene rings is 2. The number of carbonyl (C=O) groups is 3. The molecule has 1 aliphatic heterocycles. The lowest BCUT2D eigenvalue weighted by Crippen LogP contribution is -2.40. The van der Waals surface area contributed by atoms with Crippen LogP contribution in [0.3, 0.4) is 0 Å². The lowest BCUT2D eigenvalue weighted by atomic mass is 9.80. The van der Waals surface area contributed by atoms with Crippen molar-refractivity contribution in [1.29, 1.82) is 0 Å². The second-order valence-electron chi connectivity index (χ2n) is 10.1. The first-order valence-electron chi connectivity index (χ1n) is 13.1. The minimum Gasteiger partial charge on any atom is -0.507 e. The van der Waals surface area contributed by atoms with Crippen LogP contribution in [-0.2, 0) is 16.0 Å². The Morgan fingerprint density at radius 2 is 1.63 bits per heavy atom. The van der Waals surface area contributed by atoms with Gasteiger partial charge in [0, 0.05) is 50.1 Å².